The molecule has 0 aliphatic carbocycles. The van der Waals surface area contributed by atoms with Gasteiger partial charge in [0, 0.05) is 22.1 Å². The molecule has 8 nitrogen and oxygen atoms in total. The average molecular weight is 469 g/mol. The maximum absolute atomic E-state index is 13.3. The lowest BCUT2D eigenvalue weighted by Gasteiger charge is -2.34. The van der Waals surface area contributed by atoms with Gasteiger partial charge >= 0.3 is 0 Å². The molecule has 4 rings (SSSR count). The predicted molar refractivity (Wildman–Crippen MR) is 114 cm³/mol. The van der Waals surface area contributed by atoms with E-state index < -0.39 is 26.9 Å². The van der Waals surface area contributed by atoms with E-state index in [-0.39, 0.29) is 11.5 Å². The van der Waals surface area contributed by atoms with Crippen LogP contribution in [0.4, 0.5) is 16.0 Å². The third-order valence-electron chi connectivity index (χ3n) is 5.05. The van der Waals surface area contributed by atoms with Gasteiger partial charge in [-0.3, -0.25) is 4.90 Å². The number of hydrogen-bond acceptors (Lipinski definition) is 7. The van der Waals surface area contributed by atoms with Crippen molar-refractivity contribution in [3.63, 3.8) is 0 Å². The SMILES string of the molecule is CC1=C(C#N)[C@@H](c2ccc(C#N)cc2)n2nc(S(=O)(=O)Cl)nc2N1c1cccc(CF)c1. The molecule has 1 aliphatic rings. The first-order valence-electron chi connectivity index (χ1n) is 9.25. The Kier molecular flexibility index (Phi) is 5.43. The molecule has 0 saturated carbocycles. The number of alkyl halides is 1. The van der Waals surface area contributed by atoms with Crippen molar-refractivity contribution < 1.29 is 12.8 Å². The van der Waals surface area contributed by atoms with Crippen LogP contribution in [0.15, 0.2) is 65.0 Å². The fourth-order valence-electron chi connectivity index (χ4n) is 3.59. The zero-order valence-corrected chi connectivity index (χ0v) is 18.1. The first-order valence-corrected chi connectivity index (χ1v) is 11.6. The standard InChI is InChI=1S/C21H14ClFN6O2S/c1-13-18(12-25)19(16-7-5-14(11-24)6-8-16)29-21(26-20(27-29)32(22,30)31)28(13)17-4-2-3-15(9-17)10-23/h2-9,19H,10H2,1H3/t19-/m1/s1. The number of allylic oxidation sites excluding steroid dienone is 2. The van der Waals surface area contributed by atoms with Crippen molar-refractivity contribution >= 4 is 31.4 Å². The summed E-state index contributed by atoms with van der Waals surface area (Å²) in [5.41, 5.74) is 2.65. The molecule has 0 bridgehead atoms. The summed E-state index contributed by atoms with van der Waals surface area (Å²) in [6.45, 7) is 0.988. The number of benzene rings is 2. The lowest BCUT2D eigenvalue weighted by molar-refractivity contribution is 0.485. The van der Waals surface area contributed by atoms with E-state index in [1.807, 2.05) is 6.07 Å². The monoisotopic (exact) mass is 468 g/mol. The summed E-state index contributed by atoms with van der Waals surface area (Å²) < 4.78 is 38.6. The second-order valence-electron chi connectivity index (χ2n) is 6.96. The predicted octanol–water partition coefficient (Wildman–Crippen LogP) is 4.09. The van der Waals surface area contributed by atoms with Crippen LogP contribution in [0.1, 0.15) is 29.7 Å². The normalized spacial score (nSPS) is 15.8. The molecule has 0 saturated heterocycles. The Morgan fingerprint density at radius 1 is 1.16 bits per heavy atom. The minimum Gasteiger partial charge on any atom is -0.282 e. The third-order valence-corrected chi connectivity index (χ3v) is 6.08. The molecule has 1 aromatic heterocycles. The van der Waals surface area contributed by atoms with Crippen LogP contribution < -0.4 is 4.90 Å². The van der Waals surface area contributed by atoms with E-state index in [0.29, 0.717) is 28.1 Å². The molecule has 1 aliphatic heterocycles. The molecule has 0 amide bonds. The second kappa shape index (κ2) is 8.08. The molecule has 0 N–H and O–H groups in total. The molecular formula is C21H14ClFN6O2S. The van der Waals surface area contributed by atoms with E-state index in [1.165, 1.54) is 9.58 Å². The van der Waals surface area contributed by atoms with E-state index in [1.54, 1.807) is 55.5 Å². The number of nitrogens with zero attached hydrogens (tertiary/aromatic N) is 6. The van der Waals surface area contributed by atoms with Gasteiger partial charge in [0.25, 0.3) is 14.2 Å². The summed E-state index contributed by atoms with van der Waals surface area (Å²) in [5, 5.41) is 22.6. The second-order valence-corrected chi connectivity index (χ2v) is 9.42. The minimum absolute atomic E-state index is 0.103. The highest BCUT2D eigenvalue weighted by Gasteiger charge is 2.37. The number of nitriles is 2. The largest absolute Gasteiger partial charge is 0.298 e. The van der Waals surface area contributed by atoms with E-state index >= 15 is 0 Å². The van der Waals surface area contributed by atoms with Crippen LogP contribution in [0, 0.1) is 22.7 Å². The van der Waals surface area contributed by atoms with Crippen LogP contribution in [0.25, 0.3) is 0 Å². The van der Waals surface area contributed by atoms with Gasteiger partial charge < -0.3 is 0 Å². The van der Waals surface area contributed by atoms with Gasteiger partial charge in [-0.05, 0) is 42.3 Å². The van der Waals surface area contributed by atoms with Gasteiger partial charge in [-0.15, -0.1) is 5.10 Å². The summed E-state index contributed by atoms with van der Waals surface area (Å²) >= 11 is 0. The highest BCUT2D eigenvalue weighted by molar-refractivity contribution is 8.13. The van der Waals surface area contributed by atoms with Crippen molar-refractivity contribution in [2.24, 2.45) is 0 Å². The van der Waals surface area contributed by atoms with Crippen molar-refractivity contribution in [2.75, 3.05) is 4.90 Å². The Balaban J connectivity index is 2.00. The molecule has 160 valence electrons. The molecule has 0 fully saturated rings. The molecule has 2 aromatic carbocycles. The fourth-order valence-corrected chi connectivity index (χ4v) is 4.17. The van der Waals surface area contributed by atoms with Gasteiger partial charge in [0.2, 0.25) is 5.95 Å². The summed E-state index contributed by atoms with van der Waals surface area (Å²) in [5.74, 6) is 0.103. The third kappa shape index (κ3) is 3.60. The van der Waals surface area contributed by atoms with Gasteiger partial charge in [0.15, 0.2) is 0 Å². The number of halogens is 2. The van der Waals surface area contributed by atoms with Crippen molar-refractivity contribution in [3.8, 4) is 12.1 Å². The summed E-state index contributed by atoms with van der Waals surface area (Å²) in [4.78, 5) is 5.67. The van der Waals surface area contributed by atoms with Crippen LogP contribution >= 0.6 is 10.7 Å². The van der Waals surface area contributed by atoms with Gasteiger partial charge in [-0.1, -0.05) is 24.3 Å². The molecule has 11 heteroatoms. The zero-order valence-electron chi connectivity index (χ0n) is 16.6. The lowest BCUT2D eigenvalue weighted by Crippen LogP contribution is -2.30. The van der Waals surface area contributed by atoms with Crippen molar-refractivity contribution in [1.29, 1.82) is 10.5 Å². The zero-order chi connectivity index (χ0) is 23.0. The number of hydrogen-bond donors (Lipinski definition) is 0. The first-order chi connectivity index (χ1) is 15.3. The molecule has 3 aromatic rings. The van der Waals surface area contributed by atoms with E-state index in [2.05, 4.69) is 16.2 Å². The van der Waals surface area contributed by atoms with Crippen molar-refractivity contribution in [2.45, 2.75) is 24.8 Å². The smallest absolute Gasteiger partial charge is 0.282 e. The molecule has 0 spiro atoms. The van der Waals surface area contributed by atoms with Crippen molar-refractivity contribution in [3.05, 3.63) is 76.5 Å². The van der Waals surface area contributed by atoms with Gasteiger partial charge in [-0.2, -0.15) is 15.5 Å². The van der Waals surface area contributed by atoms with E-state index in [0.717, 1.165) is 0 Å². The Bertz CT molecular complexity index is 1430. The van der Waals surface area contributed by atoms with Gasteiger partial charge in [0.05, 0.1) is 23.3 Å². The quantitative estimate of drug-likeness (QED) is 0.529. The number of rotatable bonds is 4. The molecular weight excluding hydrogens is 455 g/mol. The molecule has 1 atom stereocenters. The van der Waals surface area contributed by atoms with Crippen LogP contribution in [0.2, 0.25) is 0 Å². The van der Waals surface area contributed by atoms with Crippen molar-refractivity contribution in [1.82, 2.24) is 14.8 Å². The number of fused-ring (bicyclic) bond motifs is 1. The highest BCUT2D eigenvalue weighted by atomic mass is 35.7. The molecule has 2 heterocycles. The van der Waals surface area contributed by atoms with Crippen LogP contribution in [-0.2, 0) is 15.7 Å². The summed E-state index contributed by atoms with van der Waals surface area (Å²) in [6.07, 6.45) is 0. The van der Waals surface area contributed by atoms with E-state index in [4.69, 9.17) is 15.9 Å². The lowest BCUT2D eigenvalue weighted by atomic mass is 9.95. The Labute approximate surface area is 187 Å². The summed E-state index contributed by atoms with van der Waals surface area (Å²) in [7, 11) is 1.24. The Hall–Kier alpha value is -3.73. The number of aromatic nitrogens is 3. The van der Waals surface area contributed by atoms with E-state index in [9.17, 15) is 18.1 Å². The van der Waals surface area contributed by atoms with Gasteiger partial charge in [0.1, 0.15) is 12.7 Å². The van der Waals surface area contributed by atoms with Gasteiger partial charge in [-0.25, -0.2) is 17.5 Å². The number of anilines is 2. The topological polar surface area (TPSA) is 116 Å². The fraction of sp³-hybridized carbons (Fsp3) is 0.143. The first kappa shape index (κ1) is 21.5. The van der Waals surface area contributed by atoms with Crippen LogP contribution in [-0.4, -0.2) is 23.2 Å². The summed E-state index contributed by atoms with van der Waals surface area (Å²) in [6, 6.07) is 16.4. The maximum atomic E-state index is 13.3. The van der Waals surface area contributed by atoms with Crippen LogP contribution in [0.5, 0.6) is 0 Å². The van der Waals surface area contributed by atoms with Crippen LogP contribution in [0.3, 0.4) is 0 Å². The minimum atomic E-state index is -4.28. The molecule has 32 heavy (non-hydrogen) atoms. The Morgan fingerprint density at radius 2 is 1.88 bits per heavy atom. The maximum Gasteiger partial charge on any atom is 0.298 e. The Morgan fingerprint density at radius 3 is 2.47 bits per heavy atom. The molecule has 0 radical (unpaired) electrons. The molecule has 0 unspecified atom stereocenters. The highest BCUT2D eigenvalue weighted by Crippen LogP contribution is 2.42. The average Bonchev–Trinajstić information content (AvgIpc) is 3.23.